The Morgan fingerprint density at radius 2 is 2.13 bits per heavy atom. The van der Waals surface area contributed by atoms with Gasteiger partial charge in [0.25, 0.3) is 11.7 Å². The zero-order valence-electron chi connectivity index (χ0n) is 7.62. The number of halogens is 1. The third-order valence-corrected chi connectivity index (χ3v) is 2.90. The van der Waals surface area contributed by atoms with Crippen molar-refractivity contribution in [2.24, 2.45) is 0 Å². The third kappa shape index (κ3) is 0.969. The lowest BCUT2D eigenvalue weighted by atomic mass is 10.1. The second-order valence-corrected chi connectivity index (χ2v) is 3.81. The molecule has 15 heavy (non-hydrogen) atoms. The normalized spacial score (nSPS) is 17.8. The number of benzene rings is 1. The van der Waals surface area contributed by atoms with Crippen LogP contribution < -0.4 is 9.64 Å². The van der Waals surface area contributed by atoms with Crippen LogP contribution >= 0.6 is 11.6 Å². The van der Waals surface area contributed by atoms with Gasteiger partial charge in [0, 0.05) is 0 Å². The molecule has 4 nitrogen and oxygen atoms in total. The smallest absolute Gasteiger partial charge is 0.299 e. The monoisotopic (exact) mass is 223 g/mol. The fourth-order valence-electron chi connectivity index (χ4n) is 1.93. The fraction of sp³-hybridized carbons (Fsp3) is 0.200. The van der Waals surface area contributed by atoms with Crippen molar-refractivity contribution < 1.29 is 14.3 Å². The first kappa shape index (κ1) is 8.73. The van der Waals surface area contributed by atoms with E-state index in [1.54, 1.807) is 12.1 Å². The summed E-state index contributed by atoms with van der Waals surface area (Å²) in [4.78, 5) is 24.6. The fourth-order valence-corrected chi connectivity index (χ4v) is 2.13. The van der Waals surface area contributed by atoms with Crippen molar-refractivity contribution in [3.63, 3.8) is 0 Å². The Kier molecular flexibility index (Phi) is 1.59. The number of hydrogen-bond acceptors (Lipinski definition) is 3. The predicted octanol–water partition coefficient (Wildman–Crippen LogP) is 1.26. The van der Waals surface area contributed by atoms with E-state index in [9.17, 15) is 9.59 Å². The zero-order valence-corrected chi connectivity index (χ0v) is 8.37. The van der Waals surface area contributed by atoms with Gasteiger partial charge in [0.05, 0.1) is 22.8 Å². The van der Waals surface area contributed by atoms with Gasteiger partial charge in [-0.2, -0.15) is 0 Å². The van der Waals surface area contributed by atoms with E-state index in [2.05, 4.69) is 0 Å². The summed E-state index contributed by atoms with van der Waals surface area (Å²) in [6, 6.07) is 3.14. The highest BCUT2D eigenvalue weighted by Crippen LogP contribution is 2.44. The molecule has 0 unspecified atom stereocenters. The molecule has 1 amide bonds. The summed E-state index contributed by atoms with van der Waals surface area (Å²) in [7, 11) is 0. The summed E-state index contributed by atoms with van der Waals surface area (Å²) in [6.07, 6.45) is 0. The summed E-state index contributed by atoms with van der Waals surface area (Å²) in [5, 5.41) is 0.431. The Balaban J connectivity index is 2.34. The molecular weight excluding hydrogens is 218 g/mol. The maximum absolute atomic E-state index is 11.6. The van der Waals surface area contributed by atoms with Crippen LogP contribution in [0.1, 0.15) is 10.4 Å². The predicted molar refractivity (Wildman–Crippen MR) is 53.6 cm³/mol. The lowest BCUT2D eigenvalue weighted by Crippen LogP contribution is -2.36. The first-order valence-corrected chi connectivity index (χ1v) is 4.89. The number of amides is 1. The van der Waals surface area contributed by atoms with Crippen LogP contribution in [-0.2, 0) is 4.79 Å². The lowest BCUT2D eigenvalue weighted by molar-refractivity contribution is -0.114. The van der Waals surface area contributed by atoms with Gasteiger partial charge in [0.15, 0.2) is 5.75 Å². The van der Waals surface area contributed by atoms with Crippen LogP contribution in [0.2, 0.25) is 5.02 Å². The number of ether oxygens (including phenoxy) is 1. The molecule has 0 aromatic heterocycles. The quantitative estimate of drug-likeness (QED) is 0.622. The molecule has 2 aliphatic rings. The number of carbonyl (C=O) groups is 2. The number of carbonyl (C=O) groups excluding carboxylic acids is 2. The molecule has 0 radical (unpaired) electrons. The van der Waals surface area contributed by atoms with E-state index >= 15 is 0 Å². The number of ketones is 1. The van der Waals surface area contributed by atoms with Crippen LogP contribution in [0.3, 0.4) is 0 Å². The molecular formula is C10H6ClNO3. The van der Waals surface area contributed by atoms with E-state index in [0.717, 1.165) is 0 Å². The van der Waals surface area contributed by atoms with Crippen molar-refractivity contribution in [3.05, 3.63) is 22.7 Å². The van der Waals surface area contributed by atoms with Gasteiger partial charge < -0.3 is 4.74 Å². The number of Topliss-reactive ketones (excluding diaryl/α,β-unsaturated/α-hetero) is 1. The second kappa shape index (κ2) is 2.73. The molecule has 0 N–H and O–H groups in total. The highest BCUT2D eigenvalue weighted by atomic mass is 35.5. The van der Waals surface area contributed by atoms with Gasteiger partial charge in [-0.1, -0.05) is 11.6 Å². The van der Waals surface area contributed by atoms with Crippen molar-refractivity contribution in [1.82, 2.24) is 0 Å². The summed E-state index contributed by atoms with van der Waals surface area (Å²) in [5.74, 6) is -0.523. The number of hydrogen-bond donors (Lipinski definition) is 0. The van der Waals surface area contributed by atoms with E-state index in [1.165, 1.54) is 4.90 Å². The topological polar surface area (TPSA) is 46.6 Å². The van der Waals surface area contributed by atoms with Crippen LogP contribution in [0.5, 0.6) is 5.75 Å². The van der Waals surface area contributed by atoms with Crippen LogP contribution in [0, 0.1) is 0 Å². The lowest BCUT2D eigenvalue weighted by Gasteiger charge is -2.25. The van der Waals surface area contributed by atoms with Crippen LogP contribution in [0.4, 0.5) is 5.69 Å². The molecule has 76 valence electrons. The molecule has 0 spiro atoms. The SMILES string of the molecule is O=C1C(=O)N2CCOc3c(Cl)ccc1c32. The van der Waals surface area contributed by atoms with Crippen LogP contribution in [0.15, 0.2) is 12.1 Å². The molecule has 1 aromatic carbocycles. The van der Waals surface area contributed by atoms with Crippen molar-refractivity contribution in [3.8, 4) is 5.75 Å². The Morgan fingerprint density at radius 3 is 2.93 bits per heavy atom. The number of anilines is 1. The van der Waals surface area contributed by atoms with Gasteiger partial charge in [0.2, 0.25) is 0 Å². The first-order valence-electron chi connectivity index (χ1n) is 4.51. The summed E-state index contributed by atoms with van der Waals surface area (Å²) >= 11 is 5.93. The zero-order chi connectivity index (χ0) is 10.6. The van der Waals surface area contributed by atoms with E-state index < -0.39 is 11.7 Å². The minimum Gasteiger partial charge on any atom is -0.488 e. The highest BCUT2D eigenvalue weighted by Gasteiger charge is 2.40. The minimum absolute atomic E-state index is 0.370. The molecule has 0 saturated carbocycles. The summed E-state index contributed by atoms with van der Waals surface area (Å²) in [5.41, 5.74) is 0.919. The Hall–Kier alpha value is -1.55. The van der Waals surface area contributed by atoms with E-state index in [4.69, 9.17) is 16.3 Å². The molecule has 2 aliphatic heterocycles. The third-order valence-electron chi connectivity index (χ3n) is 2.60. The van der Waals surface area contributed by atoms with E-state index in [0.29, 0.717) is 35.2 Å². The molecule has 0 aliphatic carbocycles. The average molecular weight is 224 g/mol. The highest BCUT2D eigenvalue weighted by molar-refractivity contribution is 6.53. The molecule has 5 heteroatoms. The van der Waals surface area contributed by atoms with Gasteiger partial charge in [-0.05, 0) is 12.1 Å². The molecule has 0 saturated heterocycles. The number of nitrogens with zero attached hydrogens (tertiary/aromatic N) is 1. The van der Waals surface area contributed by atoms with Gasteiger partial charge in [-0.25, -0.2) is 0 Å². The van der Waals surface area contributed by atoms with Gasteiger partial charge in [-0.3, -0.25) is 14.5 Å². The molecule has 0 bridgehead atoms. The maximum atomic E-state index is 11.6. The van der Waals surface area contributed by atoms with Crippen LogP contribution in [0.25, 0.3) is 0 Å². The van der Waals surface area contributed by atoms with E-state index in [1.807, 2.05) is 0 Å². The van der Waals surface area contributed by atoms with Crippen LogP contribution in [-0.4, -0.2) is 24.8 Å². The Labute approximate surface area is 90.4 Å². The average Bonchev–Trinajstić information content (AvgIpc) is 2.50. The van der Waals surface area contributed by atoms with Gasteiger partial charge in [0.1, 0.15) is 6.61 Å². The Bertz CT molecular complexity index is 498. The summed E-state index contributed by atoms with van der Waals surface area (Å²) in [6.45, 7) is 0.778. The van der Waals surface area contributed by atoms with Crippen molar-refractivity contribution >= 4 is 29.0 Å². The van der Waals surface area contributed by atoms with Gasteiger partial charge in [-0.15, -0.1) is 0 Å². The van der Waals surface area contributed by atoms with E-state index in [-0.39, 0.29) is 0 Å². The molecule has 0 atom stereocenters. The van der Waals surface area contributed by atoms with Crippen molar-refractivity contribution in [1.29, 1.82) is 0 Å². The Morgan fingerprint density at radius 1 is 1.33 bits per heavy atom. The molecule has 2 heterocycles. The van der Waals surface area contributed by atoms with Crippen molar-refractivity contribution in [2.75, 3.05) is 18.1 Å². The van der Waals surface area contributed by atoms with Gasteiger partial charge >= 0.3 is 0 Å². The minimum atomic E-state index is -0.489. The molecule has 0 fully saturated rings. The number of rotatable bonds is 0. The second-order valence-electron chi connectivity index (χ2n) is 3.41. The largest absolute Gasteiger partial charge is 0.488 e. The first-order chi connectivity index (χ1) is 7.20. The molecule has 1 aromatic rings. The molecule has 3 rings (SSSR count). The standard InChI is InChI=1S/C10H6ClNO3/c11-6-2-1-5-7-9(6)15-4-3-12(7)10(14)8(5)13/h1-2H,3-4H2. The van der Waals surface area contributed by atoms with Crippen molar-refractivity contribution in [2.45, 2.75) is 0 Å². The summed E-state index contributed by atoms with van der Waals surface area (Å²) < 4.78 is 5.36. The maximum Gasteiger partial charge on any atom is 0.299 e.